The van der Waals surface area contributed by atoms with Crippen molar-refractivity contribution in [2.45, 2.75) is 13.8 Å². The summed E-state index contributed by atoms with van der Waals surface area (Å²) in [6.07, 6.45) is 1.91. The summed E-state index contributed by atoms with van der Waals surface area (Å²) in [5, 5.41) is 0. The summed E-state index contributed by atoms with van der Waals surface area (Å²) in [6, 6.07) is 0. The molecule has 1 aromatic rings. The summed E-state index contributed by atoms with van der Waals surface area (Å²) in [5.41, 5.74) is 2.92. The predicted octanol–water partition coefficient (Wildman–Crippen LogP) is 1.06. The van der Waals surface area contributed by atoms with Crippen LogP contribution in [0.5, 0.6) is 0 Å². The molecule has 1 aromatic heterocycles. The van der Waals surface area contributed by atoms with Crippen LogP contribution in [0.4, 0.5) is 0 Å². The number of Topliss-reactive ketones (excluding diaryl/α,β-unsaturated/α-hetero) is 1. The Kier molecular flexibility index (Phi) is 3.64. The molecule has 1 aliphatic rings. The van der Waals surface area contributed by atoms with Gasteiger partial charge in [-0.2, -0.15) is 0 Å². The largest absolute Gasteiger partial charge is 0.364 e. The lowest BCUT2D eigenvalue weighted by molar-refractivity contribution is 0.0875. The van der Waals surface area contributed by atoms with Gasteiger partial charge in [0.05, 0.1) is 6.54 Å². The zero-order chi connectivity index (χ0) is 12.4. The number of carbonyl (C=O) groups excluding carboxylic acids is 1. The van der Waals surface area contributed by atoms with Crippen molar-refractivity contribution in [3.63, 3.8) is 0 Å². The van der Waals surface area contributed by atoms with Gasteiger partial charge in [-0.15, -0.1) is 0 Å². The van der Waals surface area contributed by atoms with Crippen LogP contribution < -0.4 is 0 Å². The molecule has 0 amide bonds. The summed E-state index contributed by atoms with van der Waals surface area (Å²) in [4.78, 5) is 19.9. The van der Waals surface area contributed by atoms with Crippen LogP contribution in [0.15, 0.2) is 6.20 Å². The van der Waals surface area contributed by atoms with Crippen molar-refractivity contribution in [3.05, 3.63) is 23.0 Å². The van der Waals surface area contributed by atoms with E-state index >= 15 is 0 Å². The standard InChI is InChI=1S/C13H21N3O/c1-10-8-14-11(2)13(10)12(17)9-16-6-4-15(3)5-7-16/h8,14H,4-7,9H2,1-3H3. The third-order valence-electron chi connectivity index (χ3n) is 3.52. The molecule has 0 bridgehead atoms. The van der Waals surface area contributed by atoms with Gasteiger partial charge in [0.1, 0.15) is 0 Å². The first kappa shape index (κ1) is 12.3. The zero-order valence-electron chi connectivity index (χ0n) is 10.9. The van der Waals surface area contributed by atoms with Crippen LogP contribution in [-0.2, 0) is 0 Å². The highest BCUT2D eigenvalue weighted by Crippen LogP contribution is 2.14. The number of ketones is 1. The third-order valence-corrected chi connectivity index (χ3v) is 3.52. The van der Waals surface area contributed by atoms with Crippen molar-refractivity contribution in [2.75, 3.05) is 39.8 Å². The Morgan fingerprint density at radius 2 is 1.94 bits per heavy atom. The molecule has 1 aliphatic heterocycles. The minimum absolute atomic E-state index is 0.241. The second kappa shape index (κ2) is 5.02. The van der Waals surface area contributed by atoms with Gasteiger partial charge in [-0.05, 0) is 26.5 Å². The molecule has 4 heteroatoms. The van der Waals surface area contributed by atoms with Crippen LogP contribution in [0.3, 0.4) is 0 Å². The summed E-state index contributed by atoms with van der Waals surface area (Å²) in [6.45, 7) is 8.59. The summed E-state index contributed by atoms with van der Waals surface area (Å²) < 4.78 is 0. The van der Waals surface area contributed by atoms with E-state index in [4.69, 9.17) is 0 Å². The Morgan fingerprint density at radius 3 is 2.47 bits per heavy atom. The van der Waals surface area contributed by atoms with E-state index in [2.05, 4.69) is 21.8 Å². The zero-order valence-corrected chi connectivity index (χ0v) is 10.9. The molecule has 1 fully saturated rings. The van der Waals surface area contributed by atoms with Crippen molar-refractivity contribution in [1.29, 1.82) is 0 Å². The average Bonchev–Trinajstić information content (AvgIpc) is 2.62. The van der Waals surface area contributed by atoms with Crippen molar-refractivity contribution < 1.29 is 4.79 Å². The minimum atomic E-state index is 0.241. The second-order valence-electron chi connectivity index (χ2n) is 4.97. The Labute approximate surface area is 103 Å². The number of nitrogens with zero attached hydrogens (tertiary/aromatic N) is 2. The number of aryl methyl sites for hydroxylation is 2. The molecular formula is C13H21N3O. The highest BCUT2D eigenvalue weighted by atomic mass is 16.1. The number of piperazine rings is 1. The van der Waals surface area contributed by atoms with E-state index in [0.29, 0.717) is 6.54 Å². The summed E-state index contributed by atoms with van der Waals surface area (Å²) >= 11 is 0. The molecule has 0 atom stereocenters. The van der Waals surface area contributed by atoms with E-state index in [0.717, 1.165) is 43.0 Å². The lowest BCUT2D eigenvalue weighted by Crippen LogP contribution is -2.46. The van der Waals surface area contributed by atoms with E-state index in [1.54, 1.807) is 0 Å². The summed E-state index contributed by atoms with van der Waals surface area (Å²) in [5.74, 6) is 0.241. The number of aromatic nitrogens is 1. The third kappa shape index (κ3) is 2.76. The van der Waals surface area contributed by atoms with E-state index in [-0.39, 0.29) is 5.78 Å². The Bertz CT molecular complexity index is 383. The second-order valence-corrected chi connectivity index (χ2v) is 4.97. The molecule has 0 aromatic carbocycles. The van der Waals surface area contributed by atoms with Gasteiger partial charge in [0.25, 0.3) is 0 Å². The van der Waals surface area contributed by atoms with Gasteiger partial charge in [0.2, 0.25) is 0 Å². The highest BCUT2D eigenvalue weighted by Gasteiger charge is 2.20. The molecule has 0 aliphatic carbocycles. The Morgan fingerprint density at radius 1 is 1.29 bits per heavy atom. The summed E-state index contributed by atoms with van der Waals surface area (Å²) in [7, 11) is 2.12. The molecule has 94 valence electrons. The fourth-order valence-electron chi connectivity index (χ4n) is 2.37. The molecule has 4 nitrogen and oxygen atoms in total. The fraction of sp³-hybridized carbons (Fsp3) is 0.615. The molecule has 0 unspecified atom stereocenters. The van der Waals surface area contributed by atoms with Crippen molar-refractivity contribution in [1.82, 2.24) is 14.8 Å². The highest BCUT2D eigenvalue weighted by molar-refractivity contribution is 6.00. The van der Waals surface area contributed by atoms with Crippen LogP contribution in [0.25, 0.3) is 0 Å². The van der Waals surface area contributed by atoms with E-state index in [9.17, 15) is 4.79 Å². The van der Waals surface area contributed by atoms with Crippen LogP contribution in [0, 0.1) is 13.8 Å². The lowest BCUT2D eigenvalue weighted by Gasteiger charge is -2.31. The lowest BCUT2D eigenvalue weighted by atomic mass is 10.1. The van der Waals surface area contributed by atoms with E-state index < -0.39 is 0 Å². The van der Waals surface area contributed by atoms with Crippen LogP contribution in [0.1, 0.15) is 21.6 Å². The Hall–Kier alpha value is -1.13. The van der Waals surface area contributed by atoms with Crippen LogP contribution in [0.2, 0.25) is 0 Å². The normalized spacial score (nSPS) is 18.5. The van der Waals surface area contributed by atoms with Crippen molar-refractivity contribution in [3.8, 4) is 0 Å². The van der Waals surface area contributed by atoms with Crippen LogP contribution >= 0.6 is 0 Å². The van der Waals surface area contributed by atoms with Gasteiger partial charge in [0.15, 0.2) is 5.78 Å². The van der Waals surface area contributed by atoms with Gasteiger partial charge in [0, 0.05) is 43.6 Å². The minimum Gasteiger partial charge on any atom is -0.364 e. The first-order valence-electron chi connectivity index (χ1n) is 6.16. The monoisotopic (exact) mass is 235 g/mol. The number of rotatable bonds is 3. The molecular weight excluding hydrogens is 214 g/mol. The van der Waals surface area contributed by atoms with Gasteiger partial charge in [-0.3, -0.25) is 9.69 Å². The average molecular weight is 235 g/mol. The number of likely N-dealkylation sites (N-methyl/N-ethyl adjacent to an activating group) is 1. The van der Waals surface area contributed by atoms with Gasteiger partial charge in [-0.1, -0.05) is 0 Å². The number of nitrogens with one attached hydrogen (secondary N) is 1. The van der Waals surface area contributed by atoms with Crippen molar-refractivity contribution in [2.24, 2.45) is 0 Å². The smallest absolute Gasteiger partial charge is 0.178 e. The SMILES string of the molecule is Cc1c[nH]c(C)c1C(=O)CN1CCN(C)CC1. The number of hydrogen-bond donors (Lipinski definition) is 1. The molecule has 0 radical (unpaired) electrons. The molecule has 1 N–H and O–H groups in total. The maximum atomic E-state index is 12.2. The number of hydrogen-bond acceptors (Lipinski definition) is 3. The maximum absolute atomic E-state index is 12.2. The number of aromatic amines is 1. The van der Waals surface area contributed by atoms with Gasteiger partial charge in [-0.25, -0.2) is 0 Å². The molecule has 0 saturated carbocycles. The number of carbonyl (C=O) groups is 1. The fourth-order valence-corrected chi connectivity index (χ4v) is 2.37. The maximum Gasteiger partial charge on any atom is 0.178 e. The molecule has 17 heavy (non-hydrogen) atoms. The van der Waals surface area contributed by atoms with Crippen LogP contribution in [-0.4, -0.2) is 60.3 Å². The molecule has 2 rings (SSSR count). The number of H-pyrrole nitrogens is 1. The topological polar surface area (TPSA) is 39.3 Å². The predicted molar refractivity (Wildman–Crippen MR) is 68.5 cm³/mol. The van der Waals surface area contributed by atoms with Gasteiger partial charge < -0.3 is 9.88 Å². The van der Waals surface area contributed by atoms with E-state index in [1.165, 1.54) is 0 Å². The molecule has 2 heterocycles. The first-order chi connectivity index (χ1) is 8.08. The Balaban J connectivity index is 1.98. The van der Waals surface area contributed by atoms with Gasteiger partial charge >= 0.3 is 0 Å². The molecule has 1 saturated heterocycles. The first-order valence-corrected chi connectivity index (χ1v) is 6.16. The quantitative estimate of drug-likeness (QED) is 0.796. The van der Waals surface area contributed by atoms with E-state index in [1.807, 2.05) is 20.0 Å². The van der Waals surface area contributed by atoms with Crippen molar-refractivity contribution >= 4 is 5.78 Å². The molecule has 0 spiro atoms.